The van der Waals surface area contributed by atoms with E-state index in [0.717, 1.165) is 35.4 Å². The minimum Gasteiger partial charge on any atom is -0.491 e. The molecule has 3 aromatic rings. The van der Waals surface area contributed by atoms with Crippen molar-refractivity contribution in [1.82, 2.24) is 9.88 Å². The summed E-state index contributed by atoms with van der Waals surface area (Å²) in [6.07, 6.45) is 1.79. The van der Waals surface area contributed by atoms with E-state index in [1.807, 2.05) is 36.1 Å². The SMILES string of the molecule is COCCOc1ccc(C(=O)N2CCCC2c2cc(-c3ccc(F)cc3)cc(C)n2)cc1. The molecule has 4 rings (SSSR count). The monoisotopic (exact) mass is 434 g/mol. The second kappa shape index (κ2) is 9.92. The lowest BCUT2D eigenvalue weighted by atomic mass is 10.0. The molecule has 0 radical (unpaired) electrons. The Bertz CT molecular complexity index is 1070. The molecule has 1 fully saturated rings. The third kappa shape index (κ3) is 4.97. The molecule has 1 amide bonds. The van der Waals surface area contributed by atoms with Crippen LogP contribution in [-0.2, 0) is 4.74 Å². The van der Waals surface area contributed by atoms with Crippen LogP contribution in [0, 0.1) is 12.7 Å². The van der Waals surface area contributed by atoms with Crippen LogP contribution in [0.25, 0.3) is 11.1 Å². The van der Waals surface area contributed by atoms with Crippen LogP contribution in [0.5, 0.6) is 5.75 Å². The summed E-state index contributed by atoms with van der Waals surface area (Å²) in [6.45, 7) is 3.62. The number of rotatable bonds is 7. The van der Waals surface area contributed by atoms with Crippen LogP contribution < -0.4 is 4.74 Å². The average Bonchev–Trinajstić information content (AvgIpc) is 3.29. The second-order valence-corrected chi connectivity index (χ2v) is 7.95. The number of halogens is 1. The standard InChI is InChI=1S/C26H27FN2O3/c1-18-16-21(19-5-9-22(27)10-6-19)17-24(28-18)25-4-3-13-29(25)26(30)20-7-11-23(12-8-20)32-15-14-31-2/h5-12,16-17,25H,3-4,13-15H2,1-2H3. The summed E-state index contributed by atoms with van der Waals surface area (Å²) in [6, 6.07) is 17.6. The molecule has 0 spiro atoms. The van der Waals surface area contributed by atoms with Gasteiger partial charge in [-0.2, -0.15) is 0 Å². The van der Waals surface area contributed by atoms with E-state index in [2.05, 4.69) is 0 Å². The van der Waals surface area contributed by atoms with Crippen LogP contribution in [0.1, 0.15) is 40.6 Å². The molecule has 1 aliphatic heterocycles. The molecule has 166 valence electrons. The number of likely N-dealkylation sites (tertiary alicyclic amines) is 1. The zero-order chi connectivity index (χ0) is 22.5. The Labute approximate surface area is 187 Å². The first-order chi connectivity index (χ1) is 15.5. The van der Waals surface area contributed by atoms with Crippen LogP contribution in [0.4, 0.5) is 4.39 Å². The van der Waals surface area contributed by atoms with E-state index in [-0.39, 0.29) is 17.8 Å². The van der Waals surface area contributed by atoms with Gasteiger partial charge in [-0.05, 0) is 79.4 Å². The Morgan fingerprint density at radius 3 is 2.53 bits per heavy atom. The summed E-state index contributed by atoms with van der Waals surface area (Å²) in [4.78, 5) is 19.9. The molecule has 1 aromatic heterocycles. The smallest absolute Gasteiger partial charge is 0.254 e. The lowest BCUT2D eigenvalue weighted by Crippen LogP contribution is -2.31. The maximum absolute atomic E-state index is 13.3. The molecule has 0 N–H and O–H groups in total. The number of ether oxygens (including phenoxy) is 2. The molecule has 1 atom stereocenters. The van der Waals surface area contributed by atoms with Crippen molar-refractivity contribution in [2.24, 2.45) is 0 Å². The van der Waals surface area contributed by atoms with Crippen molar-refractivity contribution in [2.75, 3.05) is 26.9 Å². The van der Waals surface area contributed by atoms with E-state index >= 15 is 0 Å². The Balaban J connectivity index is 1.54. The number of aromatic nitrogens is 1. The highest BCUT2D eigenvalue weighted by Gasteiger charge is 2.32. The first kappa shape index (κ1) is 22.0. The van der Waals surface area contributed by atoms with Crippen LogP contribution in [0.3, 0.4) is 0 Å². The van der Waals surface area contributed by atoms with Crippen LogP contribution in [0.2, 0.25) is 0 Å². The van der Waals surface area contributed by atoms with Gasteiger partial charge in [0.25, 0.3) is 5.91 Å². The summed E-state index contributed by atoms with van der Waals surface area (Å²) in [5.74, 6) is 0.436. The van der Waals surface area contributed by atoms with Crippen LogP contribution >= 0.6 is 0 Å². The fraction of sp³-hybridized carbons (Fsp3) is 0.308. The van der Waals surface area contributed by atoms with E-state index in [4.69, 9.17) is 14.5 Å². The van der Waals surface area contributed by atoms with E-state index in [1.54, 1.807) is 31.4 Å². The maximum atomic E-state index is 13.3. The summed E-state index contributed by atoms with van der Waals surface area (Å²) < 4.78 is 23.9. The highest BCUT2D eigenvalue weighted by atomic mass is 19.1. The first-order valence-electron chi connectivity index (χ1n) is 10.8. The predicted molar refractivity (Wildman–Crippen MR) is 121 cm³/mol. The normalized spacial score (nSPS) is 15.7. The van der Waals surface area contributed by atoms with E-state index in [1.165, 1.54) is 12.1 Å². The van der Waals surface area contributed by atoms with Gasteiger partial charge in [-0.3, -0.25) is 9.78 Å². The lowest BCUT2D eigenvalue weighted by molar-refractivity contribution is 0.0732. The van der Waals surface area contributed by atoms with E-state index in [0.29, 0.717) is 31.1 Å². The minimum atomic E-state index is -0.262. The number of aryl methyl sites for hydroxylation is 1. The predicted octanol–water partition coefficient (Wildman–Crippen LogP) is 5.20. The number of amides is 1. The molecule has 32 heavy (non-hydrogen) atoms. The number of hydrogen-bond donors (Lipinski definition) is 0. The van der Waals surface area contributed by atoms with Crippen molar-refractivity contribution in [3.05, 3.63) is 83.4 Å². The largest absolute Gasteiger partial charge is 0.491 e. The zero-order valence-electron chi connectivity index (χ0n) is 18.4. The lowest BCUT2D eigenvalue weighted by Gasteiger charge is -2.25. The highest BCUT2D eigenvalue weighted by Crippen LogP contribution is 2.34. The van der Waals surface area contributed by atoms with Gasteiger partial charge in [-0.15, -0.1) is 0 Å². The fourth-order valence-corrected chi connectivity index (χ4v) is 4.09. The highest BCUT2D eigenvalue weighted by molar-refractivity contribution is 5.94. The number of nitrogens with zero attached hydrogens (tertiary/aromatic N) is 2. The topological polar surface area (TPSA) is 51.7 Å². The quantitative estimate of drug-likeness (QED) is 0.480. The molecule has 1 saturated heterocycles. The fourth-order valence-electron chi connectivity index (χ4n) is 4.09. The molecular formula is C26H27FN2O3. The van der Waals surface area contributed by atoms with Gasteiger partial charge in [0.05, 0.1) is 18.3 Å². The van der Waals surface area contributed by atoms with Gasteiger partial charge in [0.1, 0.15) is 18.2 Å². The number of hydrogen-bond acceptors (Lipinski definition) is 4. The number of pyridine rings is 1. The van der Waals surface area contributed by atoms with Gasteiger partial charge >= 0.3 is 0 Å². The zero-order valence-corrected chi connectivity index (χ0v) is 18.4. The molecule has 1 aliphatic rings. The van der Waals surface area contributed by atoms with Gasteiger partial charge in [-0.1, -0.05) is 12.1 Å². The van der Waals surface area contributed by atoms with Gasteiger partial charge < -0.3 is 14.4 Å². The number of carbonyl (C=O) groups is 1. The van der Waals surface area contributed by atoms with E-state index in [9.17, 15) is 9.18 Å². The maximum Gasteiger partial charge on any atom is 0.254 e. The number of carbonyl (C=O) groups excluding carboxylic acids is 1. The van der Waals surface area contributed by atoms with Crippen molar-refractivity contribution in [1.29, 1.82) is 0 Å². The van der Waals surface area contributed by atoms with Gasteiger partial charge in [0.2, 0.25) is 0 Å². The summed E-state index contributed by atoms with van der Waals surface area (Å²) in [5, 5.41) is 0. The van der Waals surface area contributed by atoms with Crippen molar-refractivity contribution in [2.45, 2.75) is 25.8 Å². The van der Waals surface area contributed by atoms with Crippen molar-refractivity contribution in [3.8, 4) is 16.9 Å². The van der Waals surface area contributed by atoms with Crippen LogP contribution in [0.15, 0.2) is 60.7 Å². The molecule has 6 heteroatoms. The Kier molecular flexibility index (Phi) is 6.81. The minimum absolute atomic E-state index is 0.0115. The number of benzene rings is 2. The summed E-state index contributed by atoms with van der Waals surface area (Å²) in [7, 11) is 1.63. The van der Waals surface area contributed by atoms with Gasteiger partial charge in [0, 0.05) is 24.9 Å². The molecule has 2 aromatic carbocycles. The summed E-state index contributed by atoms with van der Waals surface area (Å²) in [5.41, 5.74) is 4.28. The van der Waals surface area contributed by atoms with Gasteiger partial charge in [0.15, 0.2) is 0 Å². The van der Waals surface area contributed by atoms with Crippen molar-refractivity contribution >= 4 is 5.91 Å². The Morgan fingerprint density at radius 1 is 1.06 bits per heavy atom. The van der Waals surface area contributed by atoms with Crippen molar-refractivity contribution < 1.29 is 18.7 Å². The second-order valence-electron chi connectivity index (χ2n) is 7.95. The molecule has 5 nitrogen and oxygen atoms in total. The van der Waals surface area contributed by atoms with Crippen LogP contribution in [-0.4, -0.2) is 42.7 Å². The molecule has 0 bridgehead atoms. The Hall–Kier alpha value is -3.25. The molecular weight excluding hydrogens is 407 g/mol. The number of methoxy groups -OCH3 is 1. The molecule has 0 saturated carbocycles. The average molecular weight is 435 g/mol. The van der Waals surface area contributed by atoms with Gasteiger partial charge in [-0.25, -0.2) is 4.39 Å². The molecule has 0 aliphatic carbocycles. The molecule has 2 heterocycles. The van der Waals surface area contributed by atoms with Crippen molar-refractivity contribution in [3.63, 3.8) is 0 Å². The molecule has 1 unspecified atom stereocenters. The van der Waals surface area contributed by atoms with E-state index < -0.39 is 0 Å². The first-order valence-corrected chi connectivity index (χ1v) is 10.8. The third-order valence-corrected chi connectivity index (χ3v) is 5.66. The summed E-state index contributed by atoms with van der Waals surface area (Å²) >= 11 is 0. The third-order valence-electron chi connectivity index (χ3n) is 5.66. The Morgan fingerprint density at radius 2 is 1.81 bits per heavy atom.